The van der Waals surface area contributed by atoms with Crippen LogP contribution >= 0.6 is 0 Å². The molecule has 0 spiro atoms. The fraction of sp³-hybridized carbons (Fsp3) is 0.250. The molecule has 124 valence electrons. The highest BCUT2D eigenvalue weighted by Crippen LogP contribution is 2.21. The summed E-state index contributed by atoms with van der Waals surface area (Å²) < 4.78 is 0. The SMILES string of the molecule is Cc1cccc(Nc2nc(N3CCNC(=O)C3)ncc2C(N)=O)c1. The number of amides is 2. The van der Waals surface area contributed by atoms with Gasteiger partial charge in [-0.05, 0) is 24.6 Å². The number of aryl methyl sites for hydroxylation is 1. The van der Waals surface area contributed by atoms with E-state index >= 15 is 0 Å². The average Bonchev–Trinajstić information content (AvgIpc) is 2.54. The van der Waals surface area contributed by atoms with E-state index in [0.29, 0.717) is 24.9 Å². The fourth-order valence-corrected chi connectivity index (χ4v) is 2.47. The summed E-state index contributed by atoms with van der Waals surface area (Å²) in [5.74, 6) is -0.000744. The smallest absolute Gasteiger partial charge is 0.254 e. The highest BCUT2D eigenvalue weighted by Gasteiger charge is 2.21. The van der Waals surface area contributed by atoms with Gasteiger partial charge in [0.1, 0.15) is 11.4 Å². The topological polar surface area (TPSA) is 113 Å². The molecule has 1 aromatic heterocycles. The van der Waals surface area contributed by atoms with Crippen molar-refractivity contribution in [3.8, 4) is 0 Å². The first kappa shape index (κ1) is 15.7. The number of rotatable bonds is 4. The minimum Gasteiger partial charge on any atom is -0.365 e. The van der Waals surface area contributed by atoms with Crippen molar-refractivity contribution in [1.82, 2.24) is 15.3 Å². The summed E-state index contributed by atoms with van der Waals surface area (Å²) in [7, 11) is 0. The van der Waals surface area contributed by atoms with Crippen LogP contribution in [0.1, 0.15) is 15.9 Å². The molecule has 4 N–H and O–H groups in total. The van der Waals surface area contributed by atoms with Gasteiger partial charge in [0, 0.05) is 25.0 Å². The average molecular weight is 326 g/mol. The maximum absolute atomic E-state index is 11.6. The van der Waals surface area contributed by atoms with Crippen molar-refractivity contribution in [2.24, 2.45) is 5.73 Å². The van der Waals surface area contributed by atoms with E-state index in [2.05, 4.69) is 20.6 Å². The second kappa shape index (κ2) is 6.53. The number of piperazine rings is 1. The van der Waals surface area contributed by atoms with Gasteiger partial charge in [0.25, 0.3) is 5.91 Å². The first-order valence-corrected chi connectivity index (χ1v) is 7.55. The predicted octanol–water partition coefficient (Wildman–Crippen LogP) is 0.564. The number of hydrogen-bond donors (Lipinski definition) is 3. The minimum atomic E-state index is -0.618. The molecule has 0 saturated carbocycles. The fourth-order valence-electron chi connectivity index (χ4n) is 2.47. The van der Waals surface area contributed by atoms with Gasteiger partial charge < -0.3 is 21.3 Å². The third-order valence-electron chi connectivity index (χ3n) is 3.64. The van der Waals surface area contributed by atoms with Crippen LogP contribution in [0.2, 0.25) is 0 Å². The van der Waals surface area contributed by atoms with Crippen molar-refractivity contribution in [2.45, 2.75) is 6.92 Å². The van der Waals surface area contributed by atoms with E-state index in [9.17, 15) is 9.59 Å². The van der Waals surface area contributed by atoms with E-state index < -0.39 is 5.91 Å². The van der Waals surface area contributed by atoms with Crippen LogP contribution in [0.3, 0.4) is 0 Å². The zero-order valence-electron chi connectivity index (χ0n) is 13.2. The Balaban J connectivity index is 1.94. The molecule has 2 amide bonds. The van der Waals surface area contributed by atoms with E-state index in [1.165, 1.54) is 6.20 Å². The van der Waals surface area contributed by atoms with Crippen LogP contribution in [-0.4, -0.2) is 41.4 Å². The molecule has 2 heterocycles. The second-order valence-corrected chi connectivity index (χ2v) is 5.56. The van der Waals surface area contributed by atoms with Gasteiger partial charge >= 0.3 is 0 Å². The molecule has 1 aliphatic rings. The van der Waals surface area contributed by atoms with E-state index in [1.54, 1.807) is 4.90 Å². The molecule has 8 heteroatoms. The Morgan fingerprint density at radius 3 is 2.96 bits per heavy atom. The summed E-state index contributed by atoms with van der Waals surface area (Å²) in [6.07, 6.45) is 1.38. The quantitative estimate of drug-likeness (QED) is 0.757. The number of benzene rings is 1. The number of nitrogens with one attached hydrogen (secondary N) is 2. The highest BCUT2D eigenvalue weighted by atomic mass is 16.2. The van der Waals surface area contributed by atoms with Crippen molar-refractivity contribution >= 4 is 29.3 Å². The summed E-state index contributed by atoms with van der Waals surface area (Å²) >= 11 is 0. The number of carbonyl (C=O) groups is 2. The maximum Gasteiger partial charge on any atom is 0.254 e. The summed E-state index contributed by atoms with van der Waals surface area (Å²) in [6, 6.07) is 7.67. The van der Waals surface area contributed by atoms with Crippen LogP contribution < -0.4 is 21.3 Å². The molecular weight excluding hydrogens is 308 g/mol. The molecule has 8 nitrogen and oxygen atoms in total. The van der Waals surface area contributed by atoms with E-state index in [-0.39, 0.29) is 18.0 Å². The van der Waals surface area contributed by atoms with Crippen LogP contribution in [-0.2, 0) is 4.79 Å². The number of nitrogens with zero attached hydrogens (tertiary/aromatic N) is 3. The molecule has 0 atom stereocenters. The molecule has 1 fully saturated rings. The molecule has 3 rings (SSSR count). The maximum atomic E-state index is 11.6. The Labute approximate surface area is 139 Å². The molecule has 1 saturated heterocycles. The van der Waals surface area contributed by atoms with Gasteiger partial charge in [-0.1, -0.05) is 12.1 Å². The van der Waals surface area contributed by atoms with E-state index in [1.807, 2.05) is 31.2 Å². The lowest BCUT2D eigenvalue weighted by atomic mass is 10.2. The zero-order valence-corrected chi connectivity index (χ0v) is 13.2. The molecule has 0 unspecified atom stereocenters. The lowest BCUT2D eigenvalue weighted by molar-refractivity contribution is -0.120. The Morgan fingerprint density at radius 2 is 2.25 bits per heavy atom. The standard InChI is InChI=1S/C16H18N6O2/c1-10-3-2-4-11(7-10)20-15-12(14(17)24)8-19-16(21-15)22-6-5-18-13(23)9-22/h2-4,7-8H,5-6,9H2,1H3,(H2,17,24)(H,18,23)(H,19,20,21). The van der Waals surface area contributed by atoms with Crippen molar-refractivity contribution < 1.29 is 9.59 Å². The Morgan fingerprint density at radius 1 is 1.42 bits per heavy atom. The minimum absolute atomic E-state index is 0.0861. The molecule has 1 aliphatic heterocycles. The monoisotopic (exact) mass is 326 g/mol. The van der Waals surface area contributed by atoms with E-state index in [0.717, 1.165) is 11.3 Å². The van der Waals surface area contributed by atoms with Gasteiger partial charge in [0.2, 0.25) is 11.9 Å². The first-order valence-electron chi connectivity index (χ1n) is 7.55. The van der Waals surface area contributed by atoms with Crippen LogP contribution in [0.5, 0.6) is 0 Å². The van der Waals surface area contributed by atoms with Crippen molar-refractivity contribution in [3.05, 3.63) is 41.6 Å². The van der Waals surface area contributed by atoms with Crippen LogP contribution in [0.15, 0.2) is 30.5 Å². The molecule has 24 heavy (non-hydrogen) atoms. The number of carbonyl (C=O) groups excluding carboxylic acids is 2. The third kappa shape index (κ3) is 3.43. The molecule has 2 aromatic rings. The predicted molar refractivity (Wildman–Crippen MR) is 90.2 cm³/mol. The Bertz CT molecular complexity index is 792. The molecule has 0 aliphatic carbocycles. The van der Waals surface area contributed by atoms with Crippen LogP contribution in [0.25, 0.3) is 0 Å². The zero-order chi connectivity index (χ0) is 17.1. The third-order valence-corrected chi connectivity index (χ3v) is 3.64. The van der Waals surface area contributed by atoms with Gasteiger partial charge in [0.15, 0.2) is 0 Å². The van der Waals surface area contributed by atoms with Crippen LogP contribution in [0, 0.1) is 6.92 Å². The molecular formula is C16H18N6O2. The van der Waals surface area contributed by atoms with Gasteiger partial charge in [-0.2, -0.15) is 4.98 Å². The van der Waals surface area contributed by atoms with Gasteiger partial charge in [-0.15, -0.1) is 0 Å². The Hall–Kier alpha value is -3.16. The van der Waals surface area contributed by atoms with E-state index in [4.69, 9.17) is 5.73 Å². The number of nitrogens with two attached hydrogens (primary N) is 1. The molecule has 0 radical (unpaired) electrons. The number of aromatic nitrogens is 2. The van der Waals surface area contributed by atoms with Gasteiger partial charge in [-0.25, -0.2) is 4.98 Å². The second-order valence-electron chi connectivity index (χ2n) is 5.56. The normalized spacial score (nSPS) is 14.2. The Kier molecular flexibility index (Phi) is 4.28. The summed E-state index contributed by atoms with van der Waals surface area (Å²) in [4.78, 5) is 33.5. The van der Waals surface area contributed by atoms with Crippen molar-refractivity contribution in [2.75, 3.05) is 29.9 Å². The molecule has 1 aromatic carbocycles. The van der Waals surface area contributed by atoms with Gasteiger partial charge in [-0.3, -0.25) is 9.59 Å². The summed E-state index contributed by atoms with van der Waals surface area (Å²) in [5, 5.41) is 5.85. The summed E-state index contributed by atoms with van der Waals surface area (Å²) in [5.41, 5.74) is 7.47. The highest BCUT2D eigenvalue weighted by molar-refractivity contribution is 5.98. The van der Waals surface area contributed by atoms with Gasteiger partial charge in [0.05, 0.1) is 6.54 Å². The number of hydrogen-bond acceptors (Lipinski definition) is 6. The lowest BCUT2D eigenvalue weighted by Gasteiger charge is -2.27. The number of primary amides is 1. The number of anilines is 3. The largest absolute Gasteiger partial charge is 0.365 e. The summed E-state index contributed by atoms with van der Waals surface area (Å²) in [6.45, 7) is 3.28. The molecule has 0 bridgehead atoms. The van der Waals surface area contributed by atoms with Crippen molar-refractivity contribution in [1.29, 1.82) is 0 Å². The van der Waals surface area contributed by atoms with Crippen LogP contribution in [0.4, 0.5) is 17.5 Å². The lowest BCUT2D eigenvalue weighted by Crippen LogP contribution is -2.48. The van der Waals surface area contributed by atoms with Crippen molar-refractivity contribution in [3.63, 3.8) is 0 Å². The first-order chi connectivity index (χ1) is 11.5.